The highest BCUT2D eigenvalue weighted by atomic mass is 16.5. The molecular weight excluding hydrogens is 318 g/mol. The van der Waals surface area contributed by atoms with E-state index in [-0.39, 0.29) is 17.4 Å². The van der Waals surface area contributed by atoms with E-state index in [1.54, 1.807) is 42.1 Å². The monoisotopic (exact) mass is 339 g/mol. The van der Waals surface area contributed by atoms with E-state index in [1.165, 1.54) is 12.8 Å². The molecule has 1 amide bonds. The van der Waals surface area contributed by atoms with Gasteiger partial charge >= 0.3 is 0 Å². The lowest BCUT2D eigenvalue weighted by atomic mass is 9.99. The predicted molar refractivity (Wildman–Crippen MR) is 92.9 cm³/mol. The first-order valence-corrected chi connectivity index (χ1v) is 8.65. The van der Waals surface area contributed by atoms with E-state index in [0.717, 1.165) is 11.4 Å². The van der Waals surface area contributed by atoms with Crippen molar-refractivity contribution in [3.63, 3.8) is 0 Å². The number of carbonyl (C=O) groups excluding carboxylic acids is 1. The van der Waals surface area contributed by atoms with Crippen LogP contribution in [-0.4, -0.2) is 40.8 Å². The Hall–Kier alpha value is -2.63. The van der Waals surface area contributed by atoms with Crippen molar-refractivity contribution in [3.05, 3.63) is 58.0 Å². The quantitative estimate of drug-likeness (QED) is 0.835. The third-order valence-corrected chi connectivity index (χ3v) is 4.90. The fourth-order valence-corrected chi connectivity index (χ4v) is 3.20. The van der Waals surface area contributed by atoms with E-state index >= 15 is 0 Å². The van der Waals surface area contributed by atoms with Crippen LogP contribution in [0.3, 0.4) is 0 Å². The number of amides is 1. The Kier molecular flexibility index (Phi) is 4.03. The first-order chi connectivity index (χ1) is 12.1. The second kappa shape index (κ2) is 6.35. The van der Waals surface area contributed by atoms with Crippen LogP contribution in [-0.2, 0) is 6.54 Å². The molecule has 1 aliphatic carbocycles. The summed E-state index contributed by atoms with van der Waals surface area (Å²) >= 11 is 0. The molecule has 0 bridgehead atoms. The van der Waals surface area contributed by atoms with Gasteiger partial charge in [0, 0.05) is 36.6 Å². The van der Waals surface area contributed by atoms with Gasteiger partial charge in [-0.25, -0.2) is 4.68 Å². The van der Waals surface area contributed by atoms with Gasteiger partial charge in [0.15, 0.2) is 0 Å². The van der Waals surface area contributed by atoms with Crippen LogP contribution >= 0.6 is 0 Å². The highest BCUT2D eigenvalue weighted by Gasteiger charge is 2.32. The number of aromatic nitrogens is 2. The summed E-state index contributed by atoms with van der Waals surface area (Å²) in [5.41, 5.74) is 1.61. The average Bonchev–Trinajstić information content (AvgIpc) is 3.44. The lowest BCUT2D eigenvalue weighted by Gasteiger charge is -2.39. The van der Waals surface area contributed by atoms with Gasteiger partial charge in [-0.3, -0.25) is 9.59 Å². The van der Waals surface area contributed by atoms with E-state index in [2.05, 4.69) is 5.10 Å². The largest absolute Gasteiger partial charge is 0.497 e. The lowest BCUT2D eigenvalue weighted by Crippen LogP contribution is -2.52. The van der Waals surface area contributed by atoms with Crippen molar-refractivity contribution in [3.8, 4) is 5.75 Å². The van der Waals surface area contributed by atoms with E-state index in [1.807, 2.05) is 11.0 Å². The average molecular weight is 339 g/mol. The minimum atomic E-state index is -0.0654. The molecule has 0 atom stereocenters. The van der Waals surface area contributed by atoms with Gasteiger partial charge in [0.1, 0.15) is 5.75 Å². The van der Waals surface area contributed by atoms with Gasteiger partial charge in [-0.1, -0.05) is 0 Å². The summed E-state index contributed by atoms with van der Waals surface area (Å²) in [6, 6.07) is 10.6. The Labute approximate surface area is 146 Å². The number of ether oxygens (including phenoxy) is 1. The zero-order chi connectivity index (χ0) is 17.4. The Morgan fingerprint density at radius 2 is 1.88 bits per heavy atom. The summed E-state index contributed by atoms with van der Waals surface area (Å²) in [4.78, 5) is 26.2. The van der Waals surface area contributed by atoms with Gasteiger partial charge in [-0.15, -0.1) is 0 Å². The van der Waals surface area contributed by atoms with Crippen LogP contribution < -0.4 is 10.3 Å². The van der Waals surface area contributed by atoms with Crippen LogP contribution in [0.15, 0.2) is 41.2 Å². The summed E-state index contributed by atoms with van der Waals surface area (Å²) in [6.07, 6.45) is 2.33. The molecule has 2 fully saturated rings. The topological polar surface area (TPSA) is 64.4 Å². The Bertz CT molecular complexity index is 834. The van der Waals surface area contributed by atoms with Crippen molar-refractivity contribution in [2.24, 2.45) is 5.92 Å². The molecule has 6 heteroatoms. The number of rotatable bonds is 5. The summed E-state index contributed by atoms with van der Waals surface area (Å²) in [7, 11) is 1.60. The molecule has 2 aliphatic rings. The van der Waals surface area contributed by atoms with Crippen LogP contribution in [0.25, 0.3) is 0 Å². The van der Waals surface area contributed by atoms with Crippen LogP contribution in [0.4, 0.5) is 0 Å². The van der Waals surface area contributed by atoms with Gasteiger partial charge < -0.3 is 9.64 Å². The Balaban J connectivity index is 1.36. The third-order valence-electron chi connectivity index (χ3n) is 4.90. The molecule has 0 N–H and O–H groups in total. The highest BCUT2D eigenvalue weighted by molar-refractivity contribution is 5.94. The number of likely N-dealkylation sites (tertiary alicyclic amines) is 1. The normalized spacial score (nSPS) is 17.2. The molecule has 6 nitrogen and oxygen atoms in total. The lowest BCUT2D eigenvalue weighted by molar-refractivity contribution is 0.0458. The smallest absolute Gasteiger partial charge is 0.266 e. The fourth-order valence-electron chi connectivity index (χ4n) is 3.20. The maximum absolute atomic E-state index is 12.4. The molecule has 1 aliphatic heterocycles. The zero-order valence-electron chi connectivity index (χ0n) is 14.2. The molecule has 0 radical (unpaired) electrons. The summed E-state index contributed by atoms with van der Waals surface area (Å²) in [5.74, 6) is 1.56. The fraction of sp³-hybridized carbons (Fsp3) is 0.421. The van der Waals surface area contributed by atoms with Gasteiger partial charge in [-0.05, 0) is 43.2 Å². The van der Waals surface area contributed by atoms with Gasteiger partial charge in [-0.2, -0.15) is 5.10 Å². The molecule has 1 aromatic heterocycles. The molecule has 4 rings (SSSR count). The number of hydrogen-bond donors (Lipinski definition) is 0. The molecular formula is C19H21N3O3. The van der Waals surface area contributed by atoms with Gasteiger partial charge in [0.25, 0.3) is 11.5 Å². The van der Waals surface area contributed by atoms with Crippen molar-refractivity contribution in [2.75, 3.05) is 20.2 Å². The third kappa shape index (κ3) is 3.29. The highest BCUT2D eigenvalue weighted by Crippen LogP contribution is 2.38. The van der Waals surface area contributed by atoms with E-state index in [0.29, 0.717) is 31.1 Å². The number of hydrogen-bond acceptors (Lipinski definition) is 4. The van der Waals surface area contributed by atoms with Crippen LogP contribution in [0.2, 0.25) is 0 Å². The molecule has 0 unspecified atom stereocenters. The predicted octanol–water partition coefficient (Wildman–Crippen LogP) is 1.90. The number of benzene rings is 1. The number of carbonyl (C=O) groups is 1. The SMILES string of the molecule is COc1ccc(C(=O)N2CC(Cn3nc(C4CC4)ccc3=O)C2)cc1. The van der Waals surface area contributed by atoms with Crippen LogP contribution in [0.1, 0.15) is 34.8 Å². The zero-order valence-corrected chi connectivity index (χ0v) is 14.2. The van der Waals surface area contributed by atoms with Crippen molar-refractivity contribution in [1.29, 1.82) is 0 Å². The Morgan fingerprint density at radius 3 is 2.52 bits per heavy atom. The van der Waals surface area contributed by atoms with Crippen molar-refractivity contribution < 1.29 is 9.53 Å². The second-order valence-corrected chi connectivity index (χ2v) is 6.86. The molecule has 1 saturated heterocycles. The maximum Gasteiger partial charge on any atom is 0.266 e. The standard InChI is InChI=1S/C19H21N3O3/c1-25-16-6-4-15(5-7-16)19(24)21-10-13(11-21)12-22-18(23)9-8-17(20-22)14-2-3-14/h4-9,13-14H,2-3,10-12H2,1H3. The van der Waals surface area contributed by atoms with Crippen molar-refractivity contribution >= 4 is 5.91 Å². The number of methoxy groups -OCH3 is 1. The van der Waals surface area contributed by atoms with Gasteiger partial charge in [0.2, 0.25) is 0 Å². The number of nitrogens with zero attached hydrogens (tertiary/aromatic N) is 3. The first kappa shape index (κ1) is 15.9. The molecule has 25 heavy (non-hydrogen) atoms. The van der Waals surface area contributed by atoms with Gasteiger partial charge in [0.05, 0.1) is 19.3 Å². The molecule has 0 spiro atoms. The molecule has 2 aromatic rings. The molecule has 130 valence electrons. The minimum absolute atomic E-state index is 0.0194. The Morgan fingerprint density at radius 1 is 1.16 bits per heavy atom. The molecule has 2 heterocycles. The first-order valence-electron chi connectivity index (χ1n) is 8.65. The summed E-state index contributed by atoms with van der Waals surface area (Å²) < 4.78 is 6.67. The van der Waals surface area contributed by atoms with Crippen LogP contribution in [0, 0.1) is 5.92 Å². The summed E-state index contributed by atoms with van der Waals surface area (Å²) in [5, 5.41) is 4.49. The molecule has 1 aromatic carbocycles. The second-order valence-electron chi connectivity index (χ2n) is 6.86. The van der Waals surface area contributed by atoms with E-state index in [4.69, 9.17) is 4.74 Å². The van der Waals surface area contributed by atoms with Crippen LogP contribution in [0.5, 0.6) is 5.75 Å². The minimum Gasteiger partial charge on any atom is -0.497 e. The van der Waals surface area contributed by atoms with E-state index in [9.17, 15) is 9.59 Å². The molecule has 1 saturated carbocycles. The van der Waals surface area contributed by atoms with E-state index < -0.39 is 0 Å². The van der Waals surface area contributed by atoms with Crippen molar-refractivity contribution in [1.82, 2.24) is 14.7 Å². The summed E-state index contributed by atoms with van der Waals surface area (Å²) in [6.45, 7) is 1.89. The van der Waals surface area contributed by atoms with Crippen molar-refractivity contribution in [2.45, 2.75) is 25.3 Å². The maximum atomic E-state index is 12.4.